The smallest absolute Gasteiger partial charge is 0.322 e. The summed E-state index contributed by atoms with van der Waals surface area (Å²) in [6, 6.07) is 2.87. The molecule has 1 atom stereocenters. The highest BCUT2D eigenvalue weighted by molar-refractivity contribution is 7.89. The Morgan fingerprint density at radius 1 is 1.40 bits per heavy atom. The summed E-state index contributed by atoms with van der Waals surface area (Å²) in [7, 11) is -2.74. The zero-order valence-corrected chi connectivity index (χ0v) is 12.8. The first-order chi connectivity index (χ1) is 9.19. The predicted molar refractivity (Wildman–Crippen MR) is 74.6 cm³/mol. The van der Waals surface area contributed by atoms with Crippen LogP contribution >= 0.6 is 11.6 Å². The normalized spacial score (nSPS) is 13.2. The van der Waals surface area contributed by atoms with Crippen LogP contribution in [-0.4, -0.2) is 32.6 Å². The summed E-state index contributed by atoms with van der Waals surface area (Å²) in [5, 5.41) is 9.26. The third-order valence-electron chi connectivity index (χ3n) is 2.63. The second-order valence-electron chi connectivity index (χ2n) is 4.48. The molecule has 0 saturated carbocycles. The topological polar surface area (TPSA) is 92.7 Å². The zero-order valence-electron chi connectivity index (χ0n) is 11.3. The standard InChI is InChI=1S/C12H16ClNO5S/c1-7(2)11(12(15)16)14-20(17,18)10-6-8(13)4-5-9(10)19-3/h4-7,11,14H,1-3H3,(H,15,16)/t11-/m1/s1. The first kappa shape index (κ1) is 16.7. The van der Waals surface area contributed by atoms with Crippen LogP contribution in [0.25, 0.3) is 0 Å². The van der Waals surface area contributed by atoms with Crippen LogP contribution in [0.15, 0.2) is 23.1 Å². The lowest BCUT2D eigenvalue weighted by Crippen LogP contribution is -2.44. The highest BCUT2D eigenvalue weighted by Gasteiger charge is 2.29. The van der Waals surface area contributed by atoms with Crippen molar-refractivity contribution in [3.05, 3.63) is 23.2 Å². The molecule has 2 N–H and O–H groups in total. The van der Waals surface area contributed by atoms with Gasteiger partial charge in [-0.05, 0) is 24.1 Å². The van der Waals surface area contributed by atoms with Gasteiger partial charge in [0.15, 0.2) is 0 Å². The summed E-state index contributed by atoms with van der Waals surface area (Å²) in [5.74, 6) is -1.56. The molecule has 0 aliphatic carbocycles. The van der Waals surface area contributed by atoms with Crippen molar-refractivity contribution in [3.8, 4) is 5.75 Å². The maximum Gasteiger partial charge on any atom is 0.322 e. The van der Waals surface area contributed by atoms with Crippen molar-refractivity contribution in [3.63, 3.8) is 0 Å². The van der Waals surface area contributed by atoms with E-state index in [1.165, 1.54) is 25.3 Å². The van der Waals surface area contributed by atoms with E-state index in [0.29, 0.717) is 0 Å². The summed E-state index contributed by atoms with van der Waals surface area (Å²) in [6.45, 7) is 3.22. The molecule has 0 fully saturated rings. The number of rotatable bonds is 6. The molecule has 0 spiro atoms. The van der Waals surface area contributed by atoms with Crippen LogP contribution in [0.3, 0.4) is 0 Å². The Morgan fingerprint density at radius 2 is 2.00 bits per heavy atom. The van der Waals surface area contributed by atoms with Gasteiger partial charge in [0.1, 0.15) is 16.7 Å². The number of hydrogen-bond acceptors (Lipinski definition) is 4. The number of benzene rings is 1. The molecule has 0 aliphatic heterocycles. The quantitative estimate of drug-likeness (QED) is 0.832. The minimum atomic E-state index is -4.06. The molecule has 20 heavy (non-hydrogen) atoms. The maximum absolute atomic E-state index is 12.3. The van der Waals surface area contributed by atoms with Crippen molar-refractivity contribution < 1.29 is 23.1 Å². The van der Waals surface area contributed by atoms with E-state index in [1.807, 2.05) is 0 Å². The fraction of sp³-hybridized carbons (Fsp3) is 0.417. The molecule has 1 aromatic rings. The summed E-state index contributed by atoms with van der Waals surface area (Å²) in [5.41, 5.74) is 0. The summed E-state index contributed by atoms with van der Waals surface area (Å²) in [4.78, 5) is 10.9. The molecular formula is C12H16ClNO5S. The molecule has 8 heteroatoms. The molecular weight excluding hydrogens is 306 g/mol. The summed E-state index contributed by atoms with van der Waals surface area (Å²) < 4.78 is 31.6. The van der Waals surface area contributed by atoms with Crippen molar-refractivity contribution in [2.45, 2.75) is 24.8 Å². The molecule has 112 valence electrons. The Hall–Kier alpha value is -1.31. The number of methoxy groups -OCH3 is 1. The van der Waals surface area contributed by atoms with Crippen LogP contribution in [0.4, 0.5) is 0 Å². The SMILES string of the molecule is COc1ccc(Cl)cc1S(=O)(=O)N[C@@H](C(=O)O)C(C)C. The second-order valence-corrected chi connectivity index (χ2v) is 6.60. The highest BCUT2D eigenvalue weighted by atomic mass is 35.5. The minimum Gasteiger partial charge on any atom is -0.495 e. The first-order valence-electron chi connectivity index (χ1n) is 5.77. The third kappa shape index (κ3) is 3.84. The van der Waals surface area contributed by atoms with Gasteiger partial charge in [-0.25, -0.2) is 8.42 Å². The number of sulfonamides is 1. The van der Waals surface area contributed by atoms with E-state index in [1.54, 1.807) is 13.8 Å². The lowest BCUT2D eigenvalue weighted by Gasteiger charge is -2.19. The predicted octanol–water partition coefficient (Wildman–Crippen LogP) is 1.74. The molecule has 1 aromatic carbocycles. The van der Waals surface area contributed by atoms with Gasteiger partial charge in [-0.3, -0.25) is 4.79 Å². The average molecular weight is 322 g/mol. The number of hydrogen-bond donors (Lipinski definition) is 2. The number of aliphatic carboxylic acids is 1. The molecule has 0 saturated heterocycles. The Bertz CT molecular complexity index is 600. The molecule has 0 aliphatic rings. The molecule has 0 heterocycles. The molecule has 0 radical (unpaired) electrons. The Kier molecular flexibility index (Phi) is 5.38. The van der Waals surface area contributed by atoms with Crippen molar-refractivity contribution in [1.29, 1.82) is 0 Å². The van der Waals surface area contributed by atoms with Crippen molar-refractivity contribution in [2.75, 3.05) is 7.11 Å². The average Bonchev–Trinajstić information content (AvgIpc) is 2.35. The maximum atomic E-state index is 12.3. The van der Waals surface area contributed by atoms with E-state index < -0.39 is 28.0 Å². The van der Waals surface area contributed by atoms with Crippen LogP contribution < -0.4 is 9.46 Å². The summed E-state index contributed by atoms with van der Waals surface area (Å²) >= 11 is 5.78. The largest absolute Gasteiger partial charge is 0.495 e. The molecule has 0 aromatic heterocycles. The number of halogens is 1. The highest BCUT2D eigenvalue weighted by Crippen LogP contribution is 2.27. The molecule has 0 bridgehead atoms. The Morgan fingerprint density at radius 3 is 2.45 bits per heavy atom. The van der Waals surface area contributed by atoms with Crippen LogP contribution in [0, 0.1) is 5.92 Å². The first-order valence-corrected chi connectivity index (χ1v) is 7.64. The van der Waals surface area contributed by atoms with Gasteiger partial charge in [-0.15, -0.1) is 0 Å². The van der Waals surface area contributed by atoms with E-state index in [2.05, 4.69) is 4.72 Å². The van der Waals surface area contributed by atoms with E-state index >= 15 is 0 Å². The van der Waals surface area contributed by atoms with Gasteiger partial charge < -0.3 is 9.84 Å². The van der Waals surface area contributed by atoms with Crippen LogP contribution in [0.5, 0.6) is 5.75 Å². The van der Waals surface area contributed by atoms with Gasteiger partial charge in [-0.1, -0.05) is 25.4 Å². The van der Waals surface area contributed by atoms with Crippen LogP contribution in [-0.2, 0) is 14.8 Å². The molecule has 6 nitrogen and oxygen atoms in total. The monoisotopic (exact) mass is 321 g/mol. The van der Waals surface area contributed by atoms with Gasteiger partial charge in [0.2, 0.25) is 10.0 Å². The van der Waals surface area contributed by atoms with E-state index in [9.17, 15) is 13.2 Å². The molecule has 1 rings (SSSR count). The minimum absolute atomic E-state index is 0.0924. The molecule has 0 amide bonds. The van der Waals surface area contributed by atoms with Crippen LogP contribution in [0.1, 0.15) is 13.8 Å². The lowest BCUT2D eigenvalue weighted by molar-refractivity contribution is -0.140. The van der Waals surface area contributed by atoms with Crippen molar-refractivity contribution in [1.82, 2.24) is 4.72 Å². The number of ether oxygens (including phenoxy) is 1. The van der Waals surface area contributed by atoms with Gasteiger partial charge in [0.05, 0.1) is 7.11 Å². The number of carboxylic acids is 1. The van der Waals surface area contributed by atoms with E-state index in [4.69, 9.17) is 21.4 Å². The van der Waals surface area contributed by atoms with Crippen LogP contribution in [0.2, 0.25) is 5.02 Å². The fourth-order valence-electron chi connectivity index (χ4n) is 1.56. The van der Waals surface area contributed by atoms with Crippen molar-refractivity contribution >= 4 is 27.6 Å². The van der Waals surface area contributed by atoms with E-state index in [0.717, 1.165) is 0 Å². The number of carboxylic acid groups (broad SMARTS) is 1. The van der Waals surface area contributed by atoms with E-state index in [-0.39, 0.29) is 15.7 Å². The Labute approximate surface area is 122 Å². The van der Waals surface area contributed by atoms with Gasteiger partial charge in [0.25, 0.3) is 0 Å². The van der Waals surface area contributed by atoms with Gasteiger partial charge in [0, 0.05) is 5.02 Å². The zero-order chi connectivity index (χ0) is 15.5. The Balaban J connectivity index is 3.23. The lowest BCUT2D eigenvalue weighted by atomic mass is 10.1. The fourth-order valence-corrected chi connectivity index (χ4v) is 3.33. The summed E-state index contributed by atoms with van der Waals surface area (Å²) in [6.07, 6.45) is 0. The molecule has 0 unspecified atom stereocenters. The van der Waals surface area contributed by atoms with Crippen molar-refractivity contribution in [2.24, 2.45) is 5.92 Å². The number of nitrogens with one attached hydrogen (secondary N) is 1. The van der Waals surface area contributed by atoms with Gasteiger partial charge in [-0.2, -0.15) is 4.72 Å². The van der Waals surface area contributed by atoms with Gasteiger partial charge >= 0.3 is 5.97 Å². The third-order valence-corrected chi connectivity index (χ3v) is 4.33. The second kappa shape index (κ2) is 6.43. The number of carbonyl (C=O) groups is 1.